The highest BCUT2D eigenvalue weighted by molar-refractivity contribution is 5.75. The highest BCUT2D eigenvalue weighted by Crippen LogP contribution is 2.16. The highest BCUT2D eigenvalue weighted by atomic mass is 16.6. The lowest BCUT2D eigenvalue weighted by molar-refractivity contribution is -0.133. The summed E-state index contributed by atoms with van der Waals surface area (Å²) in [5.74, 6) is 5.67. The fourth-order valence-electron chi connectivity index (χ4n) is 1.79. The van der Waals surface area contributed by atoms with Crippen molar-refractivity contribution in [1.82, 2.24) is 4.90 Å². The number of hydrogen-bond acceptors (Lipinski definition) is 3. The minimum Gasteiger partial charge on any atom is -0.342 e. The molecular formula is C9H18N2O2. The van der Waals surface area contributed by atoms with Crippen LogP contribution in [0.2, 0.25) is 0 Å². The first-order chi connectivity index (χ1) is 6.27. The Kier molecular flexibility index (Phi) is 4.18. The van der Waals surface area contributed by atoms with E-state index in [0.717, 1.165) is 25.9 Å². The van der Waals surface area contributed by atoms with Crippen molar-refractivity contribution in [2.45, 2.75) is 26.2 Å². The van der Waals surface area contributed by atoms with Gasteiger partial charge in [-0.15, -0.1) is 0 Å². The van der Waals surface area contributed by atoms with E-state index in [1.54, 1.807) is 0 Å². The molecule has 76 valence electrons. The third-order valence-electron chi connectivity index (χ3n) is 2.51. The van der Waals surface area contributed by atoms with Crippen LogP contribution in [-0.4, -0.2) is 30.5 Å². The van der Waals surface area contributed by atoms with Crippen molar-refractivity contribution < 1.29 is 9.63 Å². The first-order valence-electron chi connectivity index (χ1n) is 4.87. The summed E-state index contributed by atoms with van der Waals surface area (Å²) in [5, 5.41) is 0. The summed E-state index contributed by atoms with van der Waals surface area (Å²) in [7, 11) is 0. The summed E-state index contributed by atoms with van der Waals surface area (Å²) in [5.41, 5.74) is 0. The molecule has 0 radical (unpaired) electrons. The summed E-state index contributed by atoms with van der Waals surface area (Å²) in [4.78, 5) is 17.9. The number of amides is 1. The Labute approximate surface area is 79.0 Å². The number of carbonyl (C=O) groups is 1. The van der Waals surface area contributed by atoms with Gasteiger partial charge >= 0.3 is 0 Å². The number of piperidine rings is 1. The SMILES string of the molecule is CCC(=O)N1CCCC(CON)C1. The van der Waals surface area contributed by atoms with Gasteiger partial charge in [0.2, 0.25) is 5.91 Å². The van der Waals surface area contributed by atoms with Gasteiger partial charge in [0.25, 0.3) is 0 Å². The first-order valence-corrected chi connectivity index (χ1v) is 4.87. The predicted octanol–water partition coefficient (Wildman–Crippen LogP) is 0.525. The summed E-state index contributed by atoms with van der Waals surface area (Å²) >= 11 is 0. The van der Waals surface area contributed by atoms with Crippen LogP contribution in [0.15, 0.2) is 0 Å². The van der Waals surface area contributed by atoms with Crippen LogP contribution in [0.4, 0.5) is 0 Å². The van der Waals surface area contributed by atoms with Crippen LogP contribution < -0.4 is 5.90 Å². The fraction of sp³-hybridized carbons (Fsp3) is 0.889. The van der Waals surface area contributed by atoms with E-state index >= 15 is 0 Å². The molecule has 1 rings (SSSR count). The van der Waals surface area contributed by atoms with E-state index in [9.17, 15) is 4.79 Å². The first kappa shape index (κ1) is 10.5. The van der Waals surface area contributed by atoms with E-state index in [1.807, 2.05) is 11.8 Å². The van der Waals surface area contributed by atoms with Gasteiger partial charge in [0.05, 0.1) is 6.61 Å². The molecule has 0 aromatic rings. The molecule has 0 aromatic heterocycles. The maximum Gasteiger partial charge on any atom is 0.222 e. The molecule has 1 heterocycles. The van der Waals surface area contributed by atoms with E-state index in [2.05, 4.69) is 4.84 Å². The van der Waals surface area contributed by atoms with Crippen LogP contribution in [0.5, 0.6) is 0 Å². The maximum atomic E-state index is 11.4. The minimum atomic E-state index is 0.238. The molecule has 1 aliphatic heterocycles. The predicted molar refractivity (Wildman–Crippen MR) is 49.7 cm³/mol. The van der Waals surface area contributed by atoms with Gasteiger partial charge in [-0.05, 0) is 12.8 Å². The van der Waals surface area contributed by atoms with Gasteiger partial charge in [-0.2, -0.15) is 0 Å². The van der Waals surface area contributed by atoms with Gasteiger partial charge in [0, 0.05) is 25.4 Å². The summed E-state index contributed by atoms with van der Waals surface area (Å²) in [6.07, 6.45) is 2.78. The number of likely N-dealkylation sites (tertiary alicyclic amines) is 1. The zero-order chi connectivity index (χ0) is 9.68. The molecule has 0 spiro atoms. The molecule has 1 atom stereocenters. The zero-order valence-corrected chi connectivity index (χ0v) is 8.16. The lowest BCUT2D eigenvalue weighted by atomic mass is 9.99. The number of nitrogens with two attached hydrogens (primary N) is 1. The second kappa shape index (κ2) is 5.19. The molecule has 0 bridgehead atoms. The van der Waals surface area contributed by atoms with E-state index in [-0.39, 0.29) is 5.91 Å². The Hall–Kier alpha value is -0.610. The number of nitrogens with zero attached hydrogens (tertiary/aromatic N) is 1. The van der Waals surface area contributed by atoms with E-state index < -0.39 is 0 Å². The molecule has 4 nitrogen and oxygen atoms in total. The Morgan fingerprint density at radius 2 is 2.46 bits per heavy atom. The van der Waals surface area contributed by atoms with E-state index in [4.69, 9.17) is 5.90 Å². The van der Waals surface area contributed by atoms with Crippen LogP contribution in [0, 0.1) is 5.92 Å². The second-order valence-corrected chi connectivity index (χ2v) is 3.53. The van der Waals surface area contributed by atoms with E-state index in [0.29, 0.717) is 18.9 Å². The lowest BCUT2D eigenvalue weighted by Gasteiger charge is -2.32. The maximum absolute atomic E-state index is 11.4. The van der Waals surface area contributed by atoms with Crippen molar-refractivity contribution in [2.75, 3.05) is 19.7 Å². The topological polar surface area (TPSA) is 55.6 Å². The van der Waals surface area contributed by atoms with Crippen molar-refractivity contribution in [2.24, 2.45) is 11.8 Å². The summed E-state index contributed by atoms with van der Waals surface area (Å²) in [6.45, 7) is 4.16. The molecule has 1 unspecified atom stereocenters. The van der Waals surface area contributed by atoms with Gasteiger partial charge < -0.3 is 9.74 Å². The molecule has 0 aliphatic carbocycles. The van der Waals surface area contributed by atoms with Gasteiger partial charge in [-0.3, -0.25) is 4.79 Å². The highest BCUT2D eigenvalue weighted by Gasteiger charge is 2.22. The number of hydrogen-bond donors (Lipinski definition) is 1. The van der Waals surface area contributed by atoms with Crippen LogP contribution in [-0.2, 0) is 9.63 Å². The molecule has 1 aliphatic rings. The third kappa shape index (κ3) is 2.97. The molecule has 1 amide bonds. The van der Waals surface area contributed by atoms with Crippen LogP contribution in [0.3, 0.4) is 0 Å². The summed E-state index contributed by atoms with van der Waals surface area (Å²) in [6, 6.07) is 0. The average molecular weight is 186 g/mol. The molecular weight excluding hydrogens is 168 g/mol. The van der Waals surface area contributed by atoms with Crippen LogP contribution in [0.1, 0.15) is 26.2 Å². The Morgan fingerprint density at radius 3 is 3.08 bits per heavy atom. The molecule has 0 saturated carbocycles. The van der Waals surface area contributed by atoms with Gasteiger partial charge in [0.15, 0.2) is 0 Å². The smallest absolute Gasteiger partial charge is 0.222 e. The summed E-state index contributed by atoms with van der Waals surface area (Å²) < 4.78 is 0. The Morgan fingerprint density at radius 1 is 1.69 bits per heavy atom. The molecule has 1 saturated heterocycles. The quantitative estimate of drug-likeness (QED) is 0.654. The standard InChI is InChI=1S/C9H18N2O2/c1-2-9(12)11-5-3-4-8(6-11)7-13-10/h8H,2-7,10H2,1H3. The van der Waals surface area contributed by atoms with Crippen molar-refractivity contribution >= 4 is 5.91 Å². The van der Waals surface area contributed by atoms with Crippen molar-refractivity contribution in [3.63, 3.8) is 0 Å². The lowest BCUT2D eigenvalue weighted by Crippen LogP contribution is -2.41. The Bertz CT molecular complexity index is 171. The Balaban J connectivity index is 2.37. The van der Waals surface area contributed by atoms with Crippen molar-refractivity contribution in [1.29, 1.82) is 0 Å². The van der Waals surface area contributed by atoms with Crippen molar-refractivity contribution in [3.8, 4) is 0 Å². The number of rotatable bonds is 3. The largest absolute Gasteiger partial charge is 0.342 e. The van der Waals surface area contributed by atoms with Crippen LogP contribution in [0.25, 0.3) is 0 Å². The third-order valence-corrected chi connectivity index (χ3v) is 2.51. The van der Waals surface area contributed by atoms with Gasteiger partial charge in [-0.25, -0.2) is 5.90 Å². The molecule has 4 heteroatoms. The molecule has 13 heavy (non-hydrogen) atoms. The van der Waals surface area contributed by atoms with E-state index in [1.165, 1.54) is 0 Å². The number of carbonyl (C=O) groups excluding carboxylic acids is 1. The van der Waals surface area contributed by atoms with Gasteiger partial charge in [0.1, 0.15) is 0 Å². The minimum absolute atomic E-state index is 0.238. The molecule has 2 N–H and O–H groups in total. The monoisotopic (exact) mass is 186 g/mol. The zero-order valence-electron chi connectivity index (χ0n) is 8.16. The van der Waals surface area contributed by atoms with Crippen LogP contribution >= 0.6 is 0 Å². The van der Waals surface area contributed by atoms with Gasteiger partial charge in [-0.1, -0.05) is 6.92 Å². The molecule has 1 fully saturated rings. The fourth-order valence-corrected chi connectivity index (χ4v) is 1.79. The second-order valence-electron chi connectivity index (χ2n) is 3.53. The normalized spacial score (nSPS) is 23.2. The van der Waals surface area contributed by atoms with Crippen molar-refractivity contribution in [3.05, 3.63) is 0 Å². The average Bonchev–Trinajstić information content (AvgIpc) is 2.18. The molecule has 0 aromatic carbocycles.